The number of benzene rings is 2. The molecule has 0 fully saturated rings. The fourth-order valence-corrected chi connectivity index (χ4v) is 2.46. The van der Waals surface area contributed by atoms with E-state index in [1.54, 1.807) is 18.2 Å². The zero-order valence-electron chi connectivity index (χ0n) is 10.0. The Morgan fingerprint density at radius 3 is 2.50 bits per heavy atom. The van der Waals surface area contributed by atoms with Gasteiger partial charge in [-0.1, -0.05) is 45.7 Å². The van der Waals surface area contributed by atoms with E-state index in [0.29, 0.717) is 15.9 Å². The standard InChI is InChI=1S/C14H9BrClF3O/c15-8-10-4-5-11(16)7-13(10)9-2-1-3-12(6-9)20-14(17,18)19/h1-7H,8H2. The van der Waals surface area contributed by atoms with Crippen molar-refractivity contribution >= 4 is 27.5 Å². The van der Waals surface area contributed by atoms with Gasteiger partial charge in [0.15, 0.2) is 0 Å². The summed E-state index contributed by atoms with van der Waals surface area (Å²) in [6.07, 6.45) is -4.70. The number of hydrogen-bond acceptors (Lipinski definition) is 1. The van der Waals surface area contributed by atoms with E-state index >= 15 is 0 Å². The first-order valence-electron chi connectivity index (χ1n) is 5.59. The van der Waals surface area contributed by atoms with E-state index in [2.05, 4.69) is 20.7 Å². The maximum absolute atomic E-state index is 12.2. The molecule has 0 spiro atoms. The van der Waals surface area contributed by atoms with E-state index in [1.807, 2.05) is 6.07 Å². The molecule has 0 saturated carbocycles. The average Bonchev–Trinajstić information content (AvgIpc) is 2.37. The third-order valence-corrected chi connectivity index (χ3v) is 3.43. The van der Waals surface area contributed by atoms with Crippen molar-refractivity contribution in [2.75, 3.05) is 0 Å². The minimum atomic E-state index is -4.70. The van der Waals surface area contributed by atoms with Crippen LogP contribution in [0.5, 0.6) is 5.75 Å². The monoisotopic (exact) mass is 364 g/mol. The second kappa shape index (κ2) is 6.06. The Balaban J connectivity index is 2.43. The summed E-state index contributed by atoms with van der Waals surface area (Å²) < 4.78 is 40.6. The summed E-state index contributed by atoms with van der Waals surface area (Å²) in [5, 5.41) is 1.09. The van der Waals surface area contributed by atoms with Crippen molar-refractivity contribution in [2.24, 2.45) is 0 Å². The number of hydrogen-bond donors (Lipinski definition) is 0. The minimum Gasteiger partial charge on any atom is -0.406 e. The number of alkyl halides is 4. The summed E-state index contributed by atoms with van der Waals surface area (Å²) >= 11 is 9.29. The molecule has 0 aromatic heterocycles. The highest BCUT2D eigenvalue weighted by Gasteiger charge is 2.31. The van der Waals surface area contributed by atoms with Gasteiger partial charge in [0.1, 0.15) is 5.75 Å². The second-order valence-electron chi connectivity index (χ2n) is 4.01. The van der Waals surface area contributed by atoms with E-state index in [4.69, 9.17) is 11.6 Å². The van der Waals surface area contributed by atoms with Crippen LogP contribution in [-0.2, 0) is 5.33 Å². The molecule has 0 bridgehead atoms. The number of ether oxygens (including phenoxy) is 1. The zero-order valence-corrected chi connectivity index (χ0v) is 12.4. The Kier molecular flexibility index (Phi) is 4.60. The molecule has 20 heavy (non-hydrogen) atoms. The average molecular weight is 366 g/mol. The molecule has 0 N–H and O–H groups in total. The molecular formula is C14H9BrClF3O. The summed E-state index contributed by atoms with van der Waals surface area (Å²) in [6.45, 7) is 0. The van der Waals surface area contributed by atoms with Crippen molar-refractivity contribution in [3.05, 3.63) is 53.1 Å². The first-order chi connectivity index (χ1) is 9.39. The summed E-state index contributed by atoms with van der Waals surface area (Å²) in [5.41, 5.74) is 2.31. The summed E-state index contributed by atoms with van der Waals surface area (Å²) in [4.78, 5) is 0. The van der Waals surface area contributed by atoms with Gasteiger partial charge in [0.05, 0.1) is 0 Å². The predicted molar refractivity (Wildman–Crippen MR) is 76.2 cm³/mol. The van der Waals surface area contributed by atoms with Crippen LogP contribution in [0.15, 0.2) is 42.5 Å². The fraction of sp³-hybridized carbons (Fsp3) is 0.143. The molecule has 0 aliphatic heterocycles. The molecule has 2 rings (SSSR count). The Morgan fingerprint density at radius 2 is 1.85 bits per heavy atom. The van der Waals surface area contributed by atoms with E-state index in [1.165, 1.54) is 18.2 Å². The lowest BCUT2D eigenvalue weighted by atomic mass is 10.0. The van der Waals surface area contributed by atoms with Gasteiger partial charge in [-0.15, -0.1) is 13.2 Å². The first-order valence-corrected chi connectivity index (χ1v) is 7.09. The maximum Gasteiger partial charge on any atom is 0.573 e. The van der Waals surface area contributed by atoms with Crippen LogP contribution in [-0.4, -0.2) is 6.36 Å². The van der Waals surface area contributed by atoms with Crippen LogP contribution < -0.4 is 4.74 Å². The normalized spacial score (nSPS) is 11.4. The lowest BCUT2D eigenvalue weighted by Gasteiger charge is -2.12. The topological polar surface area (TPSA) is 9.23 Å². The second-order valence-corrected chi connectivity index (χ2v) is 5.01. The first kappa shape index (κ1) is 15.2. The van der Waals surface area contributed by atoms with Crippen LogP contribution in [0, 0.1) is 0 Å². The van der Waals surface area contributed by atoms with Crippen LogP contribution in [0.3, 0.4) is 0 Å². The van der Waals surface area contributed by atoms with Gasteiger partial charge in [-0.05, 0) is 41.0 Å². The van der Waals surface area contributed by atoms with Gasteiger partial charge in [0, 0.05) is 10.4 Å². The molecule has 0 saturated heterocycles. The molecule has 2 aromatic carbocycles. The summed E-state index contributed by atoms with van der Waals surface area (Å²) in [6, 6.07) is 11.1. The van der Waals surface area contributed by atoms with Crippen LogP contribution in [0.1, 0.15) is 5.56 Å². The van der Waals surface area contributed by atoms with Crippen LogP contribution in [0.2, 0.25) is 5.02 Å². The fourth-order valence-electron chi connectivity index (χ4n) is 1.79. The molecule has 0 radical (unpaired) electrons. The van der Waals surface area contributed by atoms with Crippen molar-refractivity contribution in [1.29, 1.82) is 0 Å². The molecule has 2 aromatic rings. The highest BCUT2D eigenvalue weighted by molar-refractivity contribution is 9.08. The Morgan fingerprint density at radius 1 is 1.10 bits per heavy atom. The predicted octanol–water partition coefficient (Wildman–Crippen LogP) is 5.80. The molecule has 0 aliphatic rings. The SMILES string of the molecule is FC(F)(F)Oc1cccc(-c2cc(Cl)ccc2CBr)c1. The molecule has 0 heterocycles. The quantitative estimate of drug-likeness (QED) is 0.625. The Hall–Kier alpha value is -1.20. The highest BCUT2D eigenvalue weighted by Crippen LogP contribution is 2.32. The van der Waals surface area contributed by atoms with Crippen molar-refractivity contribution in [3.8, 4) is 16.9 Å². The summed E-state index contributed by atoms with van der Waals surface area (Å²) in [5.74, 6) is -0.254. The molecule has 0 atom stereocenters. The molecule has 6 heteroatoms. The van der Waals surface area contributed by atoms with Crippen molar-refractivity contribution < 1.29 is 17.9 Å². The van der Waals surface area contributed by atoms with Crippen LogP contribution in [0.25, 0.3) is 11.1 Å². The number of rotatable bonds is 3. The number of halogens is 5. The van der Waals surface area contributed by atoms with Crippen molar-refractivity contribution in [1.82, 2.24) is 0 Å². The molecular weight excluding hydrogens is 357 g/mol. The van der Waals surface area contributed by atoms with Crippen LogP contribution >= 0.6 is 27.5 Å². The third kappa shape index (κ3) is 3.90. The van der Waals surface area contributed by atoms with Gasteiger partial charge in [0.25, 0.3) is 0 Å². The highest BCUT2D eigenvalue weighted by atomic mass is 79.9. The van der Waals surface area contributed by atoms with Gasteiger partial charge in [-0.3, -0.25) is 0 Å². The van der Waals surface area contributed by atoms with Gasteiger partial charge in [-0.2, -0.15) is 0 Å². The van der Waals surface area contributed by atoms with Crippen molar-refractivity contribution in [2.45, 2.75) is 11.7 Å². The lowest BCUT2D eigenvalue weighted by Crippen LogP contribution is -2.17. The van der Waals surface area contributed by atoms with Gasteiger partial charge in [-0.25, -0.2) is 0 Å². The van der Waals surface area contributed by atoms with Gasteiger partial charge in [0.2, 0.25) is 0 Å². The molecule has 106 valence electrons. The lowest BCUT2D eigenvalue weighted by molar-refractivity contribution is -0.274. The minimum absolute atomic E-state index is 0.254. The molecule has 0 amide bonds. The van der Waals surface area contributed by atoms with E-state index in [0.717, 1.165) is 11.1 Å². The molecule has 0 aliphatic carbocycles. The maximum atomic E-state index is 12.2. The van der Waals surface area contributed by atoms with Crippen molar-refractivity contribution in [3.63, 3.8) is 0 Å². The molecule has 0 unspecified atom stereocenters. The molecule has 1 nitrogen and oxygen atoms in total. The van der Waals surface area contributed by atoms with E-state index in [9.17, 15) is 13.2 Å². The smallest absolute Gasteiger partial charge is 0.406 e. The Bertz CT molecular complexity index is 614. The third-order valence-electron chi connectivity index (χ3n) is 2.59. The zero-order chi connectivity index (χ0) is 14.8. The van der Waals surface area contributed by atoms with Gasteiger partial charge < -0.3 is 4.74 Å². The largest absolute Gasteiger partial charge is 0.573 e. The van der Waals surface area contributed by atoms with E-state index in [-0.39, 0.29) is 5.75 Å². The van der Waals surface area contributed by atoms with Gasteiger partial charge >= 0.3 is 6.36 Å². The summed E-state index contributed by atoms with van der Waals surface area (Å²) in [7, 11) is 0. The van der Waals surface area contributed by atoms with Crippen LogP contribution in [0.4, 0.5) is 13.2 Å². The Labute approximate surface area is 127 Å². The van der Waals surface area contributed by atoms with E-state index < -0.39 is 6.36 Å².